The molecule has 4 atom stereocenters. The number of aliphatic carboxylic acids is 1. The van der Waals surface area contributed by atoms with Gasteiger partial charge in [0.2, 0.25) is 23.6 Å². The molecular weight excluding hydrogens is 1030 g/mol. The van der Waals surface area contributed by atoms with Crippen LogP contribution < -0.4 is 31.2 Å². The third-order valence-corrected chi connectivity index (χ3v) is 14.1. The van der Waals surface area contributed by atoms with E-state index in [0.717, 1.165) is 55.6 Å². The summed E-state index contributed by atoms with van der Waals surface area (Å²) in [6.07, 6.45) is 4.50. The van der Waals surface area contributed by atoms with Gasteiger partial charge in [0, 0.05) is 24.8 Å². The van der Waals surface area contributed by atoms with Crippen molar-refractivity contribution < 1.29 is 55.7 Å². The summed E-state index contributed by atoms with van der Waals surface area (Å²) in [6.45, 7) is 27.2. The number of fused-ring (bicyclic) bond motifs is 8. The van der Waals surface area contributed by atoms with Crippen LogP contribution in [0.4, 0.5) is 0 Å². The largest absolute Gasteiger partial charge is 2.00 e. The van der Waals surface area contributed by atoms with E-state index in [1.165, 1.54) is 7.11 Å². The number of methoxy groups -OCH3 is 1. The minimum atomic E-state index is -1.07. The van der Waals surface area contributed by atoms with Crippen molar-refractivity contribution >= 4 is 86.0 Å². The Bertz CT molecular complexity index is 3180. The van der Waals surface area contributed by atoms with Gasteiger partial charge < -0.3 is 41.1 Å². The molecule has 4 amide bonds. The first-order valence-corrected chi connectivity index (χ1v) is 26.4. The van der Waals surface area contributed by atoms with Crippen LogP contribution in [-0.2, 0) is 63.4 Å². The summed E-state index contributed by atoms with van der Waals surface area (Å²) in [7, 11) is 1.24. The maximum absolute atomic E-state index is 14.3. The Morgan fingerprint density at radius 1 is 0.641 bits per heavy atom. The van der Waals surface area contributed by atoms with Crippen LogP contribution >= 0.6 is 0 Å². The van der Waals surface area contributed by atoms with Gasteiger partial charge in [0.15, 0.2) is 0 Å². The standard InChI is InChI=1S/C61H76N8O8.Fe/c1-14-40-35(9)44-28-45-37(11)42(50(64-45)31-51-43(22-24-56(71)72)38(12)47(65-51)30-49-41(15-2)36(10)46(63-49)29-48(40)62-44)21-23-55(70)66-52(25-32(3)4)58(73)67-53(26-33(5)6)59(74)69-57(34(7)8)60(75)68-54(61(76)77-13)27-39-19-17-16-18-20-39;/h14-20,28-34,52-54,57H,1-2,21-27H2,3-13H3,(H7,62,63,64,65,66,67,68,69,70,71,72,73,74,75);/q;+2/p-2/t52-,53-,54-,57-;/m1./s1. The number of hydrogen-bond acceptors (Lipinski definition) is 9. The van der Waals surface area contributed by atoms with Crippen molar-refractivity contribution in [1.29, 1.82) is 0 Å². The predicted octanol–water partition coefficient (Wildman–Crippen LogP) is 8.78. The minimum Gasteiger partial charge on any atom is -0.657 e. The molecule has 5 N–H and O–H groups in total. The summed E-state index contributed by atoms with van der Waals surface area (Å²) in [6, 6.07) is 12.6. The van der Waals surface area contributed by atoms with Crippen molar-refractivity contribution in [3.63, 3.8) is 0 Å². The van der Waals surface area contributed by atoms with Crippen molar-refractivity contribution in [2.45, 2.75) is 138 Å². The number of nitrogens with zero attached hydrogens (tertiary/aromatic N) is 4. The number of carbonyl (C=O) groups is 6. The van der Waals surface area contributed by atoms with Crippen LogP contribution in [-0.4, -0.2) is 81.9 Å². The molecule has 1 aromatic carbocycles. The number of aryl methyl sites for hydroxylation is 3. The van der Waals surface area contributed by atoms with Crippen LogP contribution in [0.25, 0.3) is 50.4 Å². The Hall–Kier alpha value is -7.36. The van der Waals surface area contributed by atoms with Crippen LogP contribution in [0.2, 0.25) is 0 Å². The number of benzene rings is 1. The summed E-state index contributed by atoms with van der Waals surface area (Å²) < 4.78 is 5.00. The fourth-order valence-electron chi connectivity index (χ4n) is 9.80. The number of carboxylic acid groups (broad SMARTS) is 1. The molecule has 78 heavy (non-hydrogen) atoms. The summed E-state index contributed by atoms with van der Waals surface area (Å²) in [5.41, 5.74) is 12.5. The summed E-state index contributed by atoms with van der Waals surface area (Å²) in [5, 5.41) is 21.3. The van der Waals surface area contributed by atoms with E-state index in [2.05, 4.69) is 34.4 Å². The van der Waals surface area contributed by atoms with E-state index in [9.17, 15) is 33.9 Å². The number of amides is 4. The zero-order valence-corrected chi connectivity index (χ0v) is 47.8. The Morgan fingerprint density at radius 3 is 1.79 bits per heavy atom. The summed E-state index contributed by atoms with van der Waals surface area (Å²) in [5.74, 6) is -4.19. The molecule has 0 aliphatic carbocycles. The average Bonchev–Trinajstić information content (AvgIpc) is 4.04. The van der Waals surface area contributed by atoms with Gasteiger partial charge in [0.25, 0.3) is 0 Å². The van der Waals surface area contributed by atoms with Gasteiger partial charge in [-0.3, -0.25) is 24.0 Å². The Labute approximate surface area is 468 Å². The zero-order valence-electron chi connectivity index (χ0n) is 46.7. The van der Waals surface area contributed by atoms with Crippen molar-refractivity contribution in [2.24, 2.45) is 17.8 Å². The van der Waals surface area contributed by atoms with Crippen molar-refractivity contribution in [3.8, 4) is 0 Å². The second kappa shape index (κ2) is 27.3. The van der Waals surface area contributed by atoms with E-state index in [1.807, 2.05) is 110 Å². The molecule has 5 heterocycles. The molecule has 0 radical (unpaired) electrons. The number of esters is 1. The molecule has 0 unspecified atom stereocenters. The van der Waals surface area contributed by atoms with Gasteiger partial charge >= 0.3 is 29.0 Å². The molecule has 17 heteroatoms. The van der Waals surface area contributed by atoms with Crippen molar-refractivity contribution in [2.75, 3.05) is 7.11 Å². The number of carbonyl (C=O) groups excluding carboxylic acids is 5. The Kier molecular flexibility index (Phi) is 21.5. The van der Waals surface area contributed by atoms with Gasteiger partial charge in [0.1, 0.15) is 24.2 Å². The number of ether oxygens (including phenoxy) is 1. The Morgan fingerprint density at radius 2 is 1.19 bits per heavy atom. The predicted molar refractivity (Wildman–Crippen MR) is 303 cm³/mol. The maximum atomic E-state index is 14.3. The van der Waals surface area contributed by atoms with Gasteiger partial charge in [-0.2, -0.15) is 0 Å². The first kappa shape index (κ1) is 61.5. The van der Waals surface area contributed by atoms with E-state index >= 15 is 0 Å². The normalized spacial score (nSPS) is 13.8. The molecule has 2 aliphatic rings. The molecule has 8 bridgehead atoms. The number of nitrogens with one attached hydrogen (secondary N) is 4. The first-order valence-electron chi connectivity index (χ1n) is 26.4. The molecular formula is C61H74FeN8O8. The van der Waals surface area contributed by atoms with Crippen molar-refractivity contribution in [1.82, 2.24) is 41.2 Å². The number of carboxylic acids is 1. The SMILES string of the molecule is C=CC1=C(C)c2cc3[n-]c(cc4nc(cc5[n-]c(cc1n2)c(C)c5C=C)C(C)=C4CCC(=O)O)c(CCC(=O)N[C@H](CC(C)C)C(=O)N[C@H](CC(C)C)C(=O)N[C@@H](C(=O)N[C@H](Cc1ccccc1)C(=O)OC)C(C)C)c3C.[Fe+2]. The van der Waals surface area contributed by atoms with E-state index in [0.29, 0.717) is 39.3 Å². The van der Waals surface area contributed by atoms with Crippen LogP contribution in [0.5, 0.6) is 0 Å². The topological polar surface area (TPSA) is 234 Å². The summed E-state index contributed by atoms with van der Waals surface area (Å²) in [4.78, 5) is 101. The first-order chi connectivity index (χ1) is 36.5. The maximum Gasteiger partial charge on any atom is 2.00 e. The van der Waals surface area contributed by atoms with Gasteiger partial charge in [-0.05, 0) is 99.0 Å². The fourth-order valence-corrected chi connectivity index (χ4v) is 9.80. The summed E-state index contributed by atoms with van der Waals surface area (Å²) >= 11 is 0. The van der Waals surface area contributed by atoms with E-state index in [1.54, 1.807) is 26.0 Å². The smallest absolute Gasteiger partial charge is 0.657 e. The monoisotopic (exact) mass is 1100 g/mol. The molecule has 0 saturated carbocycles. The molecule has 2 aliphatic heterocycles. The fraction of sp³-hybridized carbons (Fsp3) is 0.410. The number of aromatic nitrogens is 4. The molecule has 16 nitrogen and oxygen atoms in total. The van der Waals surface area contributed by atoms with E-state index in [-0.39, 0.29) is 73.9 Å². The molecule has 0 saturated heterocycles. The van der Waals surface area contributed by atoms with Crippen LogP contribution in [0.3, 0.4) is 0 Å². The Balaban J connectivity index is 0.0000112. The second-order valence-electron chi connectivity index (χ2n) is 21.1. The molecule has 0 spiro atoms. The molecule has 6 rings (SSSR count). The third kappa shape index (κ3) is 15.0. The number of rotatable bonds is 23. The van der Waals surface area contributed by atoms with Crippen LogP contribution in [0.15, 0.2) is 73.8 Å². The third-order valence-electron chi connectivity index (χ3n) is 14.1. The van der Waals surface area contributed by atoms with E-state index < -0.39 is 65.7 Å². The second-order valence-corrected chi connectivity index (χ2v) is 21.1. The minimum absolute atomic E-state index is 0. The van der Waals surface area contributed by atoms with Crippen molar-refractivity contribution in [3.05, 3.63) is 124 Å². The number of allylic oxidation sites excluding steroid dienone is 5. The van der Waals surface area contributed by atoms with Gasteiger partial charge in [-0.25, -0.2) is 14.8 Å². The zero-order chi connectivity index (χ0) is 56.4. The van der Waals surface area contributed by atoms with E-state index in [4.69, 9.17) is 24.7 Å². The molecule has 3 aromatic heterocycles. The van der Waals surface area contributed by atoms with Crippen LogP contribution in [0, 0.1) is 31.6 Å². The van der Waals surface area contributed by atoms with Gasteiger partial charge in [-0.15, -0.1) is 22.1 Å². The molecule has 0 fully saturated rings. The van der Waals surface area contributed by atoms with Gasteiger partial charge in [-0.1, -0.05) is 138 Å². The number of hydrogen-bond donors (Lipinski definition) is 5. The van der Waals surface area contributed by atoms with Gasteiger partial charge in [0.05, 0.1) is 29.9 Å². The molecule has 414 valence electrons. The molecule has 4 aromatic rings. The quantitative estimate of drug-likeness (QED) is 0.0346. The van der Waals surface area contributed by atoms with Crippen LogP contribution in [0.1, 0.15) is 138 Å². The average molecular weight is 1100 g/mol.